The molecule has 0 amide bonds. The molecule has 3 aromatic rings. The first-order valence-electron chi connectivity index (χ1n) is 8.04. The third-order valence-electron chi connectivity index (χ3n) is 4.14. The zero-order valence-electron chi connectivity index (χ0n) is 14.5. The summed E-state index contributed by atoms with van der Waals surface area (Å²) < 4.78 is 10.6. The predicted molar refractivity (Wildman–Crippen MR) is 101 cm³/mol. The van der Waals surface area contributed by atoms with Gasteiger partial charge in [0.1, 0.15) is 23.1 Å². The van der Waals surface area contributed by atoms with Crippen LogP contribution in [0.15, 0.2) is 66.2 Å². The Morgan fingerprint density at radius 2 is 1.81 bits per heavy atom. The smallest absolute Gasteiger partial charge is 0.203 e. The molecule has 26 heavy (non-hydrogen) atoms. The van der Waals surface area contributed by atoms with E-state index < -0.39 is 0 Å². The molecule has 0 radical (unpaired) electrons. The lowest BCUT2D eigenvalue weighted by atomic mass is 9.98. The molecule has 0 heterocycles. The number of rotatable bonds is 5. The second kappa shape index (κ2) is 7.54. The number of nitriles is 1. The SMILES string of the molecule is COc1cccc(C(=O)/C(C#N)=C/c2c(OC)ccc3ccccc23)c1. The molecular weight excluding hydrogens is 326 g/mol. The molecule has 0 spiro atoms. The molecule has 0 fully saturated rings. The van der Waals surface area contributed by atoms with E-state index in [4.69, 9.17) is 9.47 Å². The fourth-order valence-corrected chi connectivity index (χ4v) is 2.82. The van der Waals surface area contributed by atoms with Gasteiger partial charge in [0.2, 0.25) is 5.78 Å². The molecular formula is C22H17NO3. The van der Waals surface area contributed by atoms with E-state index in [1.807, 2.05) is 42.5 Å². The first kappa shape index (κ1) is 17.2. The van der Waals surface area contributed by atoms with Crippen molar-refractivity contribution < 1.29 is 14.3 Å². The minimum Gasteiger partial charge on any atom is -0.497 e. The summed E-state index contributed by atoms with van der Waals surface area (Å²) in [6.45, 7) is 0. The Labute approximate surface area is 151 Å². The largest absolute Gasteiger partial charge is 0.497 e. The molecule has 3 aromatic carbocycles. The Morgan fingerprint density at radius 3 is 2.54 bits per heavy atom. The third-order valence-corrected chi connectivity index (χ3v) is 4.14. The monoisotopic (exact) mass is 343 g/mol. The summed E-state index contributed by atoms with van der Waals surface area (Å²) in [6.07, 6.45) is 1.59. The summed E-state index contributed by atoms with van der Waals surface area (Å²) in [6, 6.07) is 20.3. The van der Waals surface area contributed by atoms with E-state index in [2.05, 4.69) is 0 Å². The molecule has 128 valence electrons. The number of nitrogens with zero attached hydrogens (tertiary/aromatic N) is 1. The van der Waals surface area contributed by atoms with E-state index in [1.165, 1.54) is 7.11 Å². The van der Waals surface area contributed by atoms with E-state index in [0.717, 1.165) is 10.8 Å². The van der Waals surface area contributed by atoms with Crippen LogP contribution in [0.5, 0.6) is 11.5 Å². The molecule has 0 N–H and O–H groups in total. The van der Waals surface area contributed by atoms with Gasteiger partial charge in [0, 0.05) is 11.1 Å². The van der Waals surface area contributed by atoms with Gasteiger partial charge in [0.25, 0.3) is 0 Å². The highest BCUT2D eigenvalue weighted by molar-refractivity contribution is 6.15. The Bertz CT molecular complexity index is 1040. The molecule has 0 aliphatic heterocycles. The second-order valence-corrected chi connectivity index (χ2v) is 5.63. The van der Waals surface area contributed by atoms with Gasteiger partial charge in [0.15, 0.2) is 0 Å². The Morgan fingerprint density at radius 1 is 1.00 bits per heavy atom. The van der Waals surface area contributed by atoms with Crippen molar-refractivity contribution in [1.29, 1.82) is 5.26 Å². The van der Waals surface area contributed by atoms with Crippen LogP contribution in [0.4, 0.5) is 0 Å². The minimum absolute atomic E-state index is 0.0351. The van der Waals surface area contributed by atoms with Crippen LogP contribution < -0.4 is 9.47 Å². The van der Waals surface area contributed by atoms with Gasteiger partial charge in [-0.3, -0.25) is 4.79 Å². The van der Waals surface area contributed by atoms with E-state index in [1.54, 1.807) is 37.5 Å². The lowest BCUT2D eigenvalue weighted by Crippen LogP contribution is -2.02. The first-order chi connectivity index (χ1) is 12.7. The Hall–Kier alpha value is -3.58. The number of benzene rings is 3. The summed E-state index contributed by atoms with van der Waals surface area (Å²) in [5, 5.41) is 11.5. The number of Topliss-reactive ketones (excluding diaryl/α,β-unsaturated/α-hetero) is 1. The second-order valence-electron chi connectivity index (χ2n) is 5.63. The third kappa shape index (κ3) is 3.28. The lowest BCUT2D eigenvalue weighted by molar-refractivity contribution is 0.103. The van der Waals surface area contributed by atoms with Crippen molar-refractivity contribution in [3.05, 3.63) is 77.4 Å². The molecule has 0 aliphatic rings. The summed E-state index contributed by atoms with van der Waals surface area (Å²) in [5.41, 5.74) is 1.14. The van der Waals surface area contributed by atoms with Gasteiger partial charge in [0.05, 0.1) is 14.2 Å². The highest BCUT2D eigenvalue weighted by Crippen LogP contribution is 2.30. The van der Waals surface area contributed by atoms with Gasteiger partial charge in [-0.2, -0.15) is 5.26 Å². The molecule has 0 atom stereocenters. The fourth-order valence-electron chi connectivity index (χ4n) is 2.82. The molecule has 0 aliphatic carbocycles. The van der Waals surface area contributed by atoms with Crippen LogP contribution in [0, 0.1) is 11.3 Å². The average molecular weight is 343 g/mol. The topological polar surface area (TPSA) is 59.3 Å². The molecule has 3 rings (SSSR count). The van der Waals surface area contributed by atoms with Crippen molar-refractivity contribution >= 4 is 22.6 Å². The maximum absolute atomic E-state index is 12.8. The predicted octanol–water partition coefficient (Wildman–Crippen LogP) is 4.65. The van der Waals surface area contributed by atoms with Crippen molar-refractivity contribution in [3.63, 3.8) is 0 Å². The van der Waals surface area contributed by atoms with E-state index in [-0.39, 0.29) is 11.4 Å². The molecule has 4 nitrogen and oxygen atoms in total. The van der Waals surface area contributed by atoms with Gasteiger partial charge in [-0.05, 0) is 35.0 Å². The van der Waals surface area contributed by atoms with Crippen LogP contribution in [-0.2, 0) is 0 Å². The van der Waals surface area contributed by atoms with Crippen LogP contribution in [0.25, 0.3) is 16.8 Å². The number of ketones is 1. The van der Waals surface area contributed by atoms with Crippen LogP contribution in [0.3, 0.4) is 0 Å². The maximum Gasteiger partial charge on any atom is 0.203 e. The number of ether oxygens (including phenoxy) is 2. The van der Waals surface area contributed by atoms with E-state index in [9.17, 15) is 10.1 Å². The summed E-state index contributed by atoms with van der Waals surface area (Å²) in [5.74, 6) is 0.812. The highest BCUT2D eigenvalue weighted by atomic mass is 16.5. The Balaban J connectivity index is 2.14. The molecule has 0 unspecified atom stereocenters. The number of carbonyl (C=O) groups excluding carboxylic acids is 1. The molecule has 0 saturated carbocycles. The number of fused-ring (bicyclic) bond motifs is 1. The van der Waals surface area contributed by atoms with Gasteiger partial charge < -0.3 is 9.47 Å². The van der Waals surface area contributed by atoms with Crippen molar-refractivity contribution in [2.75, 3.05) is 14.2 Å². The van der Waals surface area contributed by atoms with Gasteiger partial charge in [-0.1, -0.05) is 42.5 Å². The van der Waals surface area contributed by atoms with Crippen molar-refractivity contribution in [1.82, 2.24) is 0 Å². The molecule has 4 heteroatoms. The fraction of sp³-hybridized carbons (Fsp3) is 0.0909. The van der Waals surface area contributed by atoms with Crippen molar-refractivity contribution in [2.45, 2.75) is 0 Å². The molecule has 0 saturated heterocycles. The number of methoxy groups -OCH3 is 2. The number of allylic oxidation sites excluding steroid dienone is 1. The van der Waals surface area contributed by atoms with E-state index in [0.29, 0.717) is 22.6 Å². The van der Waals surface area contributed by atoms with Crippen LogP contribution >= 0.6 is 0 Å². The number of hydrogen-bond donors (Lipinski definition) is 0. The standard InChI is InChI=1S/C22H17NO3/c1-25-18-8-5-7-16(12-18)22(24)17(14-23)13-20-19-9-4-3-6-15(19)10-11-21(20)26-2/h3-13H,1-2H3/b17-13+. The quantitative estimate of drug-likeness (QED) is 0.384. The van der Waals surface area contributed by atoms with Crippen LogP contribution in [-0.4, -0.2) is 20.0 Å². The number of carbonyl (C=O) groups is 1. The van der Waals surface area contributed by atoms with Crippen molar-refractivity contribution in [3.8, 4) is 17.6 Å². The summed E-state index contributed by atoms with van der Waals surface area (Å²) >= 11 is 0. The minimum atomic E-state index is -0.360. The molecule has 0 aromatic heterocycles. The van der Waals surface area contributed by atoms with Crippen molar-refractivity contribution in [2.24, 2.45) is 0 Å². The van der Waals surface area contributed by atoms with Crippen LogP contribution in [0.2, 0.25) is 0 Å². The molecule has 0 bridgehead atoms. The summed E-state index contributed by atoms with van der Waals surface area (Å²) in [7, 11) is 3.10. The zero-order chi connectivity index (χ0) is 18.5. The highest BCUT2D eigenvalue weighted by Gasteiger charge is 2.15. The number of hydrogen-bond acceptors (Lipinski definition) is 4. The maximum atomic E-state index is 12.8. The van der Waals surface area contributed by atoms with Crippen LogP contribution in [0.1, 0.15) is 15.9 Å². The Kier molecular flexibility index (Phi) is 5.00. The normalized spacial score (nSPS) is 11.0. The van der Waals surface area contributed by atoms with Gasteiger partial charge >= 0.3 is 0 Å². The first-order valence-corrected chi connectivity index (χ1v) is 8.04. The zero-order valence-corrected chi connectivity index (χ0v) is 14.5. The summed E-state index contributed by atoms with van der Waals surface area (Å²) in [4.78, 5) is 12.8. The van der Waals surface area contributed by atoms with E-state index >= 15 is 0 Å². The van der Waals surface area contributed by atoms with Gasteiger partial charge in [-0.15, -0.1) is 0 Å². The average Bonchev–Trinajstić information content (AvgIpc) is 2.71. The lowest BCUT2D eigenvalue weighted by Gasteiger charge is -2.10. The van der Waals surface area contributed by atoms with Gasteiger partial charge in [-0.25, -0.2) is 0 Å².